The molecule has 0 rings (SSSR count). The largest absolute Gasteiger partial charge is 0.465 e. The number of rotatable bonds is 9. The molecule has 19 heavy (non-hydrogen) atoms. The van der Waals surface area contributed by atoms with Gasteiger partial charge in [-0.05, 0) is 38.0 Å². The number of allylic oxidation sites excluding steroid dienone is 1. The molecule has 0 aliphatic carbocycles. The van der Waals surface area contributed by atoms with Crippen LogP contribution < -0.4 is 0 Å². The summed E-state index contributed by atoms with van der Waals surface area (Å²) in [6.07, 6.45) is 8.31. The molecule has 0 radical (unpaired) electrons. The quantitative estimate of drug-likeness (QED) is 0.329. The van der Waals surface area contributed by atoms with Gasteiger partial charge in [-0.3, -0.25) is 4.79 Å². The first kappa shape index (κ1) is 18.2. The minimum Gasteiger partial charge on any atom is -0.465 e. The van der Waals surface area contributed by atoms with Gasteiger partial charge in [-0.25, -0.2) is 0 Å². The predicted molar refractivity (Wildman–Crippen MR) is 82.1 cm³/mol. The zero-order chi connectivity index (χ0) is 14.9. The number of esters is 1. The van der Waals surface area contributed by atoms with Crippen molar-refractivity contribution in [2.75, 3.05) is 6.61 Å². The average molecular weight is 268 g/mol. The van der Waals surface area contributed by atoms with Crippen LogP contribution in [0.5, 0.6) is 0 Å². The van der Waals surface area contributed by atoms with E-state index in [2.05, 4.69) is 34.3 Å². The maximum Gasteiger partial charge on any atom is 0.312 e. The SMILES string of the molecule is C=CCCCCCCOC(=O)C(C)(CC)C(C)(C)C. The van der Waals surface area contributed by atoms with Crippen LogP contribution in [0.1, 0.15) is 73.1 Å². The molecule has 2 heteroatoms. The molecule has 2 nitrogen and oxygen atoms in total. The second-order valence-corrected chi connectivity index (χ2v) is 6.56. The summed E-state index contributed by atoms with van der Waals surface area (Å²) in [7, 11) is 0. The third kappa shape index (κ3) is 5.80. The fraction of sp³-hybridized carbons (Fsp3) is 0.824. The first-order valence-corrected chi connectivity index (χ1v) is 7.57. The molecule has 0 saturated heterocycles. The van der Waals surface area contributed by atoms with Gasteiger partial charge in [0.2, 0.25) is 0 Å². The Bertz CT molecular complexity index is 275. The molecule has 0 aromatic heterocycles. The van der Waals surface area contributed by atoms with Crippen molar-refractivity contribution in [3.8, 4) is 0 Å². The van der Waals surface area contributed by atoms with Gasteiger partial charge in [-0.15, -0.1) is 6.58 Å². The zero-order valence-electron chi connectivity index (χ0n) is 13.6. The van der Waals surface area contributed by atoms with Gasteiger partial charge >= 0.3 is 5.97 Å². The van der Waals surface area contributed by atoms with Crippen molar-refractivity contribution in [2.45, 2.75) is 73.1 Å². The first-order chi connectivity index (χ1) is 8.79. The van der Waals surface area contributed by atoms with Crippen molar-refractivity contribution in [3.63, 3.8) is 0 Å². The van der Waals surface area contributed by atoms with Crippen molar-refractivity contribution in [3.05, 3.63) is 12.7 Å². The van der Waals surface area contributed by atoms with Gasteiger partial charge in [0, 0.05) is 0 Å². The monoisotopic (exact) mass is 268 g/mol. The molecule has 1 atom stereocenters. The Hall–Kier alpha value is -0.790. The Labute approximate surface area is 119 Å². The fourth-order valence-electron chi connectivity index (χ4n) is 2.05. The number of unbranched alkanes of at least 4 members (excludes halogenated alkanes) is 4. The van der Waals surface area contributed by atoms with Gasteiger partial charge in [0.25, 0.3) is 0 Å². The highest BCUT2D eigenvalue weighted by Gasteiger charge is 2.43. The third-order valence-corrected chi connectivity index (χ3v) is 4.35. The molecule has 0 N–H and O–H groups in total. The van der Waals surface area contributed by atoms with Crippen LogP contribution in [0.15, 0.2) is 12.7 Å². The molecule has 1 unspecified atom stereocenters. The van der Waals surface area contributed by atoms with E-state index in [-0.39, 0.29) is 11.4 Å². The Kier molecular flexibility index (Phi) is 8.05. The van der Waals surface area contributed by atoms with E-state index in [0.29, 0.717) is 6.61 Å². The highest BCUT2D eigenvalue weighted by Crippen LogP contribution is 2.42. The third-order valence-electron chi connectivity index (χ3n) is 4.35. The molecule has 0 amide bonds. The van der Waals surface area contributed by atoms with Gasteiger partial charge < -0.3 is 4.74 Å². The summed E-state index contributed by atoms with van der Waals surface area (Å²) in [5.74, 6) is -0.0476. The number of carbonyl (C=O) groups is 1. The smallest absolute Gasteiger partial charge is 0.312 e. The summed E-state index contributed by atoms with van der Waals surface area (Å²) >= 11 is 0. The molecule has 0 saturated carbocycles. The van der Waals surface area contributed by atoms with Crippen molar-refractivity contribution >= 4 is 5.97 Å². The first-order valence-electron chi connectivity index (χ1n) is 7.57. The number of hydrogen-bond acceptors (Lipinski definition) is 2. The Morgan fingerprint density at radius 2 is 1.68 bits per heavy atom. The highest BCUT2D eigenvalue weighted by molar-refractivity contribution is 5.77. The molecule has 0 bridgehead atoms. The standard InChI is InChI=1S/C17H32O2/c1-7-9-10-11-12-13-14-19-15(18)17(6,8-2)16(3,4)5/h7H,1,8-14H2,2-6H3. The lowest BCUT2D eigenvalue weighted by atomic mass is 9.66. The summed E-state index contributed by atoms with van der Waals surface area (Å²) in [5, 5.41) is 0. The van der Waals surface area contributed by atoms with Crippen LogP contribution in [0.2, 0.25) is 0 Å². The van der Waals surface area contributed by atoms with Crippen LogP contribution in [0.4, 0.5) is 0 Å². The number of hydrogen-bond donors (Lipinski definition) is 0. The summed E-state index contributed by atoms with van der Waals surface area (Å²) in [5.41, 5.74) is -0.460. The number of ether oxygens (including phenoxy) is 1. The topological polar surface area (TPSA) is 26.3 Å². The van der Waals surface area contributed by atoms with Crippen LogP contribution in [0.3, 0.4) is 0 Å². The molecule has 0 aliphatic heterocycles. The zero-order valence-corrected chi connectivity index (χ0v) is 13.6. The predicted octanol–water partition coefficient (Wildman–Crippen LogP) is 5.13. The maximum atomic E-state index is 12.2. The van der Waals surface area contributed by atoms with Gasteiger partial charge in [0.15, 0.2) is 0 Å². The van der Waals surface area contributed by atoms with E-state index in [1.54, 1.807) is 0 Å². The van der Waals surface area contributed by atoms with Crippen molar-refractivity contribution < 1.29 is 9.53 Å². The Morgan fingerprint density at radius 3 is 2.16 bits per heavy atom. The Morgan fingerprint density at radius 1 is 1.11 bits per heavy atom. The highest BCUT2D eigenvalue weighted by atomic mass is 16.5. The van der Waals surface area contributed by atoms with E-state index in [4.69, 9.17) is 4.74 Å². The van der Waals surface area contributed by atoms with E-state index in [9.17, 15) is 4.79 Å². The summed E-state index contributed by atoms with van der Waals surface area (Å²) in [6, 6.07) is 0. The van der Waals surface area contributed by atoms with E-state index in [1.165, 1.54) is 12.8 Å². The van der Waals surface area contributed by atoms with Crippen LogP contribution >= 0.6 is 0 Å². The van der Waals surface area contributed by atoms with Gasteiger partial charge in [-0.1, -0.05) is 46.6 Å². The number of carbonyl (C=O) groups excluding carboxylic acids is 1. The molecule has 112 valence electrons. The van der Waals surface area contributed by atoms with Crippen LogP contribution in [-0.2, 0) is 9.53 Å². The molecule has 0 aromatic carbocycles. The van der Waals surface area contributed by atoms with Crippen LogP contribution in [0.25, 0.3) is 0 Å². The van der Waals surface area contributed by atoms with Crippen molar-refractivity contribution in [1.29, 1.82) is 0 Å². The summed E-state index contributed by atoms with van der Waals surface area (Å²) in [4.78, 5) is 12.2. The lowest BCUT2D eigenvalue weighted by Gasteiger charge is -2.38. The van der Waals surface area contributed by atoms with E-state index in [1.807, 2.05) is 13.0 Å². The molecule has 0 aliphatic rings. The van der Waals surface area contributed by atoms with E-state index >= 15 is 0 Å². The van der Waals surface area contributed by atoms with Crippen LogP contribution in [-0.4, -0.2) is 12.6 Å². The van der Waals surface area contributed by atoms with E-state index < -0.39 is 5.41 Å². The average Bonchev–Trinajstić information content (AvgIpc) is 2.35. The van der Waals surface area contributed by atoms with Gasteiger partial charge in [0.1, 0.15) is 0 Å². The second-order valence-electron chi connectivity index (χ2n) is 6.56. The second kappa shape index (κ2) is 8.39. The molecule has 0 fully saturated rings. The maximum absolute atomic E-state index is 12.2. The van der Waals surface area contributed by atoms with Crippen molar-refractivity contribution in [1.82, 2.24) is 0 Å². The van der Waals surface area contributed by atoms with Gasteiger partial charge in [-0.2, -0.15) is 0 Å². The minimum atomic E-state index is -0.393. The minimum absolute atomic E-state index is 0.0476. The molecule has 0 aromatic rings. The van der Waals surface area contributed by atoms with E-state index in [0.717, 1.165) is 25.7 Å². The Balaban J connectivity index is 4.00. The molecule has 0 heterocycles. The molecular weight excluding hydrogens is 236 g/mol. The lowest BCUT2D eigenvalue weighted by molar-refractivity contribution is -0.162. The van der Waals surface area contributed by atoms with Crippen LogP contribution in [0, 0.1) is 10.8 Å². The lowest BCUT2D eigenvalue weighted by Crippen LogP contribution is -2.41. The molecule has 0 spiro atoms. The summed E-state index contributed by atoms with van der Waals surface area (Å²) in [6.45, 7) is 14.6. The summed E-state index contributed by atoms with van der Waals surface area (Å²) < 4.78 is 5.47. The molecular formula is C17H32O2. The van der Waals surface area contributed by atoms with Crippen molar-refractivity contribution in [2.24, 2.45) is 10.8 Å². The van der Waals surface area contributed by atoms with Gasteiger partial charge in [0.05, 0.1) is 12.0 Å². The normalized spacial score (nSPS) is 14.8. The fourth-order valence-corrected chi connectivity index (χ4v) is 2.05.